The minimum atomic E-state index is -4.56. The molecule has 3 nitrogen and oxygen atoms in total. The fourth-order valence-corrected chi connectivity index (χ4v) is 1.19. The third-order valence-corrected chi connectivity index (χ3v) is 2.21. The molecule has 7 heteroatoms. The summed E-state index contributed by atoms with van der Waals surface area (Å²) in [6.07, 6.45) is -4.56. The van der Waals surface area contributed by atoms with Crippen molar-refractivity contribution in [2.45, 2.75) is 6.18 Å². The lowest BCUT2D eigenvalue weighted by atomic mass is 10.4. The fourth-order valence-electron chi connectivity index (χ4n) is 1.00. The Morgan fingerprint density at radius 3 is 2.21 bits per heavy atom. The summed E-state index contributed by atoms with van der Waals surface area (Å²) in [6, 6.07) is 0.761. The van der Waals surface area contributed by atoms with E-state index in [1.165, 1.54) is 7.05 Å². The van der Waals surface area contributed by atoms with E-state index in [4.69, 9.17) is 0 Å². The Balaban J connectivity index is 3.67. The maximum absolute atomic E-state index is 12.3. The van der Waals surface area contributed by atoms with Crippen LogP contribution in [-0.4, -0.2) is 9.13 Å². The molecule has 0 N–H and O–H groups in total. The van der Waals surface area contributed by atoms with Crippen LogP contribution in [0.1, 0.15) is 5.69 Å². The van der Waals surface area contributed by atoms with Crippen molar-refractivity contribution in [3.05, 3.63) is 26.9 Å². The quantitative estimate of drug-likeness (QED) is 0.624. The van der Waals surface area contributed by atoms with Crippen molar-refractivity contribution < 1.29 is 13.2 Å². The predicted molar refractivity (Wildman–Crippen MR) is 46.5 cm³/mol. The molecule has 0 saturated heterocycles. The van der Waals surface area contributed by atoms with Gasteiger partial charge in [-0.05, 0) is 0 Å². The zero-order chi connectivity index (χ0) is 11.1. The molecular formula is C7H7F3N2OS. The van der Waals surface area contributed by atoms with Crippen LogP contribution in [0.4, 0.5) is 13.2 Å². The Morgan fingerprint density at radius 1 is 1.29 bits per heavy atom. The van der Waals surface area contributed by atoms with Gasteiger partial charge in [0.15, 0.2) is 0 Å². The molecule has 0 fully saturated rings. The van der Waals surface area contributed by atoms with Crippen LogP contribution in [0.3, 0.4) is 0 Å². The summed E-state index contributed by atoms with van der Waals surface area (Å²) in [5.74, 6) is 0. The van der Waals surface area contributed by atoms with Gasteiger partial charge in [0.2, 0.25) is 0 Å². The van der Waals surface area contributed by atoms with Gasteiger partial charge in [-0.2, -0.15) is 13.2 Å². The number of hydrogen-bond donors (Lipinski definition) is 0. The molecule has 0 radical (unpaired) electrons. The van der Waals surface area contributed by atoms with E-state index in [0.717, 1.165) is 17.7 Å². The van der Waals surface area contributed by atoms with Crippen LogP contribution in [-0.2, 0) is 20.3 Å². The van der Waals surface area contributed by atoms with Crippen molar-refractivity contribution in [1.29, 1.82) is 0 Å². The van der Waals surface area contributed by atoms with E-state index in [9.17, 15) is 18.0 Å². The molecule has 78 valence electrons. The third-order valence-electron chi connectivity index (χ3n) is 1.82. The van der Waals surface area contributed by atoms with Gasteiger partial charge < -0.3 is 0 Å². The molecule has 1 heterocycles. The van der Waals surface area contributed by atoms with Gasteiger partial charge in [-0.3, -0.25) is 9.13 Å². The minimum Gasteiger partial charge on any atom is -0.292 e. The largest absolute Gasteiger partial charge is 0.431 e. The molecule has 0 aliphatic rings. The van der Waals surface area contributed by atoms with Gasteiger partial charge in [0.25, 0.3) is 0 Å². The Hall–Kier alpha value is -1.11. The summed E-state index contributed by atoms with van der Waals surface area (Å²) in [7, 11) is 2.38. The first kappa shape index (κ1) is 11.0. The van der Waals surface area contributed by atoms with Crippen molar-refractivity contribution in [2.24, 2.45) is 14.1 Å². The summed E-state index contributed by atoms with van der Waals surface area (Å²) in [5.41, 5.74) is -1.82. The molecule has 1 rings (SSSR count). The monoisotopic (exact) mass is 224 g/mol. The lowest BCUT2D eigenvalue weighted by molar-refractivity contribution is -0.144. The van der Waals surface area contributed by atoms with Crippen molar-refractivity contribution in [3.8, 4) is 0 Å². The Labute approximate surface area is 82.4 Å². The van der Waals surface area contributed by atoms with E-state index in [1.54, 1.807) is 0 Å². The molecule has 0 atom stereocenters. The Bertz CT molecular complexity index is 471. The normalized spacial score (nSPS) is 11.8. The average molecular weight is 224 g/mol. The smallest absolute Gasteiger partial charge is 0.292 e. The summed E-state index contributed by atoms with van der Waals surface area (Å²) >= 11 is 4.61. The van der Waals surface area contributed by atoms with Crippen LogP contribution in [0.5, 0.6) is 0 Å². The van der Waals surface area contributed by atoms with Gasteiger partial charge in [-0.1, -0.05) is 12.2 Å². The molecule has 1 aromatic rings. The summed E-state index contributed by atoms with van der Waals surface area (Å²) in [6.45, 7) is 0. The molecule has 0 aliphatic heterocycles. The first-order valence-corrected chi connectivity index (χ1v) is 4.00. The molecule has 0 spiro atoms. The number of alkyl halides is 3. The topological polar surface area (TPSA) is 26.9 Å². The van der Waals surface area contributed by atoms with Crippen molar-refractivity contribution in [3.63, 3.8) is 0 Å². The second kappa shape index (κ2) is 3.23. The van der Waals surface area contributed by atoms with E-state index in [0.29, 0.717) is 4.57 Å². The third kappa shape index (κ3) is 1.72. The number of aromatic nitrogens is 2. The summed E-state index contributed by atoms with van der Waals surface area (Å²) < 4.78 is 38.3. The maximum Gasteiger partial charge on any atom is 0.431 e. The Morgan fingerprint density at radius 2 is 1.79 bits per heavy atom. The summed E-state index contributed by atoms with van der Waals surface area (Å²) in [5, 5.41) is 0. The highest BCUT2D eigenvalue weighted by Gasteiger charge is 2.34. The number of rotatable bonds is 0. The second-order valence-electron chi connectivity index (χ2n) is 2.77. The van der Waals surface area contributed by atoms with Gasteiger partial charge >= 0.3 is 11.9 Å². The molecule has 0 aliphatic carbocycles. The average Bonchev–Trinajstić information content (AvgIpc) is 2.06. The zero-order valence-electron chi connectivity index (χ0n) is 7.42. The second-order valence-corrected chi connectivity index (χ2v) is 3.18. The Kier molecular flexibility index (Phi) is 2.53. The van der Waals surface area contributed by atoms with Crippen LogP contribution in [0.2, 0.25) is 0 Å². The van der Waals surface area contributed by atoms with Gasteiger partial charge in [0.1, 0.15) is 10.3 Å². The summed E-state index contributed by atoms with van der Waals surface area (Å²) in [4.78, 5) is 11.2. The molecular weight excluding hydrogens is 217 g/mol. The van der Waals surface area contributed by atoms with Crippen LogP contribution < -0.4 is 5.69 Å². The van der Waals surface area contributed by atoms with Crippen molar-refractivity contribution in [2.75, 3.05) is 0 Å². The lowest BCUT2D eigenvalue weighted by Crippen LogP contribution is -2.32. The zero-order valence-corrected chi connectivity index (χ0v) is 8.24. The molecule has 0 bridgehead atoms. The number of halogens is 3. The number of nitrogens with zero attached hydrogens (tertiary/aromatic N) is 2. The molecule has 1 aromatic heterocycles. The molecule has 14 heavy (non-hydrogen) atoms. The fraction of sp³-hybridized carbons (Fsp3) is 0.429. The van der Waals surface area contributed by atoms with Crippen LogP contribution >= 0.6 is 12.2 Å². The highest BCUT2D eigenvalue weighted by atomic mass is 32.1. The van der Waals surface area contributed by atoms with Gasteiger partial charge in [0, 0.05) is 20.2 Å². The van der Waals surface area contributed by atoms with E-state index in [-0.39, 0.29) is 4.64 Å². The van der Waals surface area contributed by atoms with E-state index in [2.05, 4.69) is 12.2 Å². The lowest BCUT2D eigenvalue weighted by Gasteiger charge is -2.12. The van der Waals surface area contributed by atoms with Gasteiger partial charge in [-0.25, -0.2) is 4.79 Å². The van der Waals surface area contributed by atoms with Gasteiger partial charge in [0.05, 0.1) is 0 Å². The molecule has 0 saturated carbocycles. The van der Waals surface area contributed by atoms with E-state index < -0.39 is 17.6 Å². The minimum absolute atomic E-state index is 0.138. The predicted octanol–water partition coefficient (Wildman–Crippen LogP) is 1.47. The van der Waals surface area contributed by atoms with E-state index >= 15 is 0 Å². The first-order valence-electron chi connectivity index (χ1n) is 3.59. The standard InChI is InChI=1S/C7H7F3N2OS/c1-11-4(7(8,9)10)3-5(14)12(2)6(11)13/h3H,1-2H3. The molecule has 0 aromatic carbocycles. The van der Waals surface area contributed by atoms with Crippen LogP contribution in [0.15, 0.2) is 10.9 Å². The highest BCUT2D eigenvalue weighted by Crippen LogP contribution is 2.27. The number of hydrogen-bond acceptors (Lipinski definition) is 2. The first-order chi connectivity index (χ1) is 6.25. The van der Waals surface area contributed by atoms with Crippen molar-refractivity contribution in [1.82, 2.24) is 9.13 Å². The molecule has 0 unspecified atom stereocenters. The highest BCUT2D eigenvalue weighted by molar-refractivity contribution is 7.71. The van der Waals surface area contributed by atoms with Gasteiger partial charge in [-0.15, -0.1) is 0 Å². The van der Waals surface area contributed by atoms with E-state index in [1.807, 2.05) is 0 Å². The van der Waals surface area contributed by atoms with Crippen molar-refractivity contribution >= 4 is 12.2 Å². The van der Waals surface area contributed by atoms with Crippen LogP contribution in [0.25, 0.3) is 0 Å². The maximum atomic E-state index is 12.3. The molecule has 0 amide bonds. The SMILES string of the molecule is Cn1c(C(F)(F)F)cc(=S)n(C)c1=O. The van der Waals surface area contributed by atoms with Crippen LogP contribution in [0, 0.1) is 4.64 Å².